The number of benzene rings is 1. The van der Waals surface area contributed by atoms with Gasteiger partial charge in [-0.3, -0.25) is 4.68 Å². The maximum atomic E-state index is 6.48. The zero-order valence-corrected chi connectivity index (χ0v) is 11.1. The van der Waals surface area contributed by atoms with Crippen LogP contribution in [0.4, 0.5) is 0 Å². The first-order valence-electron chi connectivity index (χ1n) is 6.33. The van der Waals surface area contributed by atoms with Crippen LogP contribution in [-0.2, 0) is 12.6 Å². The summed E-state index contributed by atoms with van der Waals surface area (Å²) in [4.78, 5) is 0. The van der Waals surface area contributed by atoms with Gasteiger partial charge in [-0.1, -0.05) is 44.2 Å². The lowest BCUT2D eigenvalue weighted by atomic mass is 10.0. The Kier molecular flexibility index (Phi) is 2.20. The van der Waals surface area contributed by atoms with Crippen molar-refractivity contribution in [2.45, 2.75) is 25.8 Å². The molecule has 0 aliphatic heterocycles. The highest BCUT2D eigenvalue weighted by Crippen LogP contribution is 2.60. The first-order chi connectivity index (χ1) is 8.44. The van der Waals surface area contributed by atoms with Crippen molar-refractivity contribution >= 4 is 0 Å². The summed E-state index contributed by atoms with van der Waals surface area (Å²) >= 11 is 0. The third-order valence-electron chi connectivity index (χ3n) is 4.21. The highest BCUT2D eigenvalue weighted by atomic mass is 15.3. The lowest BCUT2D eigenvalue weighted by Gasteiger charge is -2.14. The highest BCUT2D eigenvalue weighted by molar-refractivity contribution is 5.60. The van der Waals surface area contributed by atoms with Crippen molar-refractivity contribution in [2.75, 3.05) is 0 Å². The number of nitrogens with zero attached hydrogens (tertiary/aromatic N) is 2. The first-order valence-corrected chi connectivity index (χ1v) is 6.33. The van der Waals surface area contributed by atoms with Gasteiger partial charge in [0, 0.05) is 12.6 Å². The van der Waals surface area contributed by atoms with Gasteiger partial charge in [-0.15, -0.1) is 0 Å². The fraction of sp³-hybridized carbons (Fsp3) is 0.400. The molecular weight excluding hydrogens is 222 g/mol. The molecule has 1 saturated carbocycles. The molecule has 3 heteroatoms. The van der Waals surface area contributed by atoms with E-state index in [-0.39, 0.29) is 11.0 Å². The highest BCUT2D eigenvalue weighted by Gasteiger charge is 2.61. The SMILES string of the molecule is Cn1nc(-c2ccccc2)cc1C1(N)CC1(C)C. The van der Waals surface area contributed by atoms with Crippen molar-refractivity contribution in [3.05, 3.63) is 42.1 Å². The first kappa shape index (κ1) is 11.5. The Labute approximate surface area is 108 Å². The molecule has 1 aliphatic rings. The molecule has 0 bridgehead atoms. The van der Waals surface area contributed by atoms with Gasteiger partial charge in [0.2, 0.25) is 0 Å². The van der Waals surface area contributed by atoms with E-state index in [9.17, 15) is 0 Å². The van der Waals surface area contributed by atoms with Crippen LogP contribution in [-0.4, -0.2) is 9.78 Å². The van der Waals surface area contributed by atoms with Crippen LogP contribution in [0.5, 0.6) is 0 Å². The second kappa shape index (κ2) is 3.45. The van der Waals surface area contributed by atoms with E-state index in [1.54, 1.807) is 0 Å². The Morgan fingerprint density at radius 2 is 1.83 bits per heavy atom. The van der Waals surface area contributed by atoms with Gasteiger partial charge < -0.3 is 5.73 Å². The van der Waals surface area contributed by atoms with Crippen LogP contribution < -0.4 is 5.73 Å². The van der Waals surface area contributed by atoms with Crippen LogP contribution in [0.15, 0.2) is 36.4 Å². The van der Waals surface area contributed by atoms with E-state index >= 15 is 0 Å². The Hall–Kier alpha value is -1.61. The average molecular weight is 241 g/mol. The summed E-state index contributed by atoms with van der Waals surface area (Å²) in [6, 6.07) is 12.4. The Morgan fingerprint density at radius 3 is 2.39 bits per heavy atom. The van der Waals surface area contributed by atoms with E-state index in [0.29, 0.717) is 0 Å². The van der Waals surface area contributed by atoms with Crippen LogP contribution in [0.2, 0.25) is 0 Å². The zero-order valence-electron chi connectivity index (χ0n) is 11.1. The van der Waals surface area contributed by atoms with Crippen molar-refractivity contribution in [2.24, 2.45) is 18.2 Å². The molecule has 1 aromatic heterocycles. The van der Waals surface area contributed by atoms with E-state index in [2.05, 4.69) is 37.1 Å². The molecule has 2 aromatic rings. The molecule has 1 unspecified atom stereocenters. The van der Waals surface area contributed by atoms with Crippen LogP contribution in [0.25, 0.3) is 11.3 Å². The fourth-order valence-corrected chi connectivity index (χ4v) is 2.72. The predicted octanol–water partition coefficient (Wildman–Crippen LogP) is 2.67. The van der Waals surface area contributed by atoms with Crippen molar-refractivity contribution in [1.29, 1.82) is 0 Å². The van der Waals surface area contributed by atoms with Crippen molar-refractivity contribution in [1.82, 2.24) is 9.78 Å². The summed E-state index contributed by atoms with van der Waals surface area (Å²) in [5.41, 5.74) is 9.70. The van der Waals surface area contributed by atoms with Gasteiger partial charge in [0.25, 0.3) is 0 Å². The number of aromatic nitrogens is 2. The standard InChI is InChI=1S/C15H19N3/c1-14(2)10-15(14,16)13-9-12(17-18(13)3)11-7-5-4-6-8-11/h4-9H,10,16H2,1-3H3. The van der Waals surface area contributed by atoms with Gasteiger partial charge in [-0.05, 0) is 17.9 Å². The number of nitrogens with two attached hydrogens (primary N) is 1. The Morgan fingerprint density at radius 1 is 1.22 bits per heavy atom. The smallest absolute Gasteiger partial charge is 0.0926 e. The third-order valence-corrected chi connectivity index (χ3v) is 4.21. The molecule has 0 saturated heterocycles. The maximum absolute atomic E-state index is 6.48. The van der Waals surface area contributed by atoms with Gasteiger partial charge in [-0.25, -0.2) is 0 Å². The van der Waals surface area contributed by atoms with Gasteiger partial charge >= 0.3 is 0 Å². The largest absolute Gasteiger partial charge is 0.320 e. The molecule has 1 fully saturated rings. The number of rotatable bonds is 2. The summed E-state index contributed by atoms with van der Waals surface area (Å²) in [6.45, 7) is 4.42. The van der Waals surface area contributed by atoms with Crippen LogP contribution in [0.3, 0.4) is 0 Å². The quantitative estimate of drug-likeness (QED) is 0.878. The van der Waals surface area contributed by atoms with Gasteiger partial charge in [0.1, 0.15) is 0 Å². The van der Waals surface area contributed by atoms with E-state index in [0.717, 1.165) is 23.4 Å². The molecule has 1 aliphatic carbocycles. The normalized spacial score (nSPS) is 25.1. The molecule has 94 valence electrons. The average Bonchev–Trinajstić information content (AvgIpc) is 2.70. The van der Waals surface area contributed by atoms with Crippen LogP contribution >= 0.6 is 0 Å². The van der Waals surface area contributed by atoms with Gasteiger partial charge in [-0.2, -0.15) is 5.10 Å². The summed E-state index contributed by atoms with van der Waals surface area (Å²) in [5, 5.41) is 4.59. The van der Waals surface area contributed by atoms with E-state index in [4.69, 9.17) is 5.73 Å². The third kappa shape index (κ3) is 1.51. The number of hydrogen-bond donors (Lipinski definition) is 1. The zero-order chi connectivity index (χ0) is 13.0. The molecule has 0 radical (unpaired) electrons. The minimum atomic E-state index is -0.220. The molecule has 18 heavy (non-hydrogen) atoms. The number of aryl methyl sites for hydroxylation is 1. The fourth-order valence-electron chi connectivity index (χ4n) is 2.72. The van der Waals surface area contributed by atoms with Gasteiger partial charge in [0.15, 0.2) is 0 Å². The monoisotopic (exact) mass is 241 g/mol. The Bertz CT molecular complexity index is 583. The lowest BCUT2D eigenvalue weighted by molar-refractivity contribution is 0.478. The molecular formula is C15H19N3. The molecule has 3 nitrogen and oxygen atoms in total. The summed E-state index contributed by atoms with van der Waals surface area (Å²) in [7, 11) is 1.98. The van der Waals surface area contributed by atoms with Crippen molar-refractivity contribution in [3.63, 3.8) is 0 Å². The van der Waals surface area contributed by atoms with E-state index < -0.39 is 0 Å². The summed E-state index contributed by atoms with van der Waals surface area (Å²) in [6.07, 6.45) is 1.02. The minimum absolute atomic E-state index is 0.175. The van der Waals surface area contributed by atoms with Crippen LogP contribution in [0, 0.1) is 5.41 Å². The van der Waals surface area contributed by atoms with Crippen molar-refractivity contribution in [3.8, 4) is 11.3 Å². The molecule has 1 atom stereocenters. The summed E-state index contributed by atoms with van der Waals surface area (Å²) in [5.74, 6) is 0. The minimum Gasteiger partial charge on any atom is -0.320 e. The molecule has 0 spiro atoms. The predicted molar refractivity (Wildman–Crippen MR) is 72.9 cm³/mol. The second-order valence-corrected chi connectivity index (χ2v) is 5.94. The maximum Gasteiger partial charge on any atom is 0.0926 e. The lowest BCUT2D eigenvalue weighted by Crippen LogP contribution is -2.28. The summed E-state index contributed by atoms with van der Waals surface area (Å²) < 4.78 is 1.93. The van der Waals surface area contributed by atoms with Crippen LogP contribution in [0.1, 0.15) is 26.0 Å². The topological polar surface area (TPSA) is 43.8 Å². The number of hydrogen-bond acceptors (Lipinski definition) is 2. The molecule has 3 rings (SSSR count). The second-order valence-electron chi connectivity index (χ2n) is 5.94. The molecule has 2 N–H and O–H groups in total. The molecule has 1 aromatic carbocycles. The molecule has 1 heterocycles. The van der Waals surface area contributed by atoms with Crippen molar-refractivity contribution < 1.29 is 0 Å². The van der Waals surface area contributed by atoms with E-state index in [1.807, 2.05) is 29.9 Å². The van der Waals surface area contributed by atoms with E-state index in [1.165, 1.54) is 0 Å². The Balaban J connectivity index is 2.03. The van der Waals surface area contributed by atoms with Gasteiger partial charge in [0.05, 0.1) is 16.9 Å². The molecule has 0 amide bonds.